The minimum atomic E-state index is -0.435. The molecule has 3 heterocycles. The second kappa shape index (κ2) is 7.59. The third-order valence-electron chi connectivity index (χ3n) is 4.54. The fourth-order valence-corrected chi connectivity index (χ4v) is 3.02. The Morgan fingerprint density at radius 1 is 1.21 bits per heavy atom. The van der Waals surface area contributed by atoms with Gasteiger partial charge in [0.15, 0.2) is 0 Å². The van der Waals surface area contributed by atoms with E-state index in [0.29, 0.717) is 0 Å². The molecular weight excluding hydrogens is 306 g/mol. The van der Waals surface area contributed by atoms with Crippen LogP contribution in [-0.4, -0.2) is 54.0 Å². The molecule has 0 spiro atoms. The van der Waals surface area contributed by atoms with Crippen molar-refractivity contribution in [2.75, 3.05) is 33.3 Å². The van der Waals surface area contributed by atoms with Crippen molar-refractivity contribution in [2.45, 2.75) is 19.5 Å². The van der Waals surface area contributed by atoms with Gasteiger partial charge in [-0.05, 0) is 36.8 Å². The maximum absolute atomic E-state index is 11.5. The van der Waals surface area contributed by atoms with Crippen LogP contribution < -0.4 is 0 Å². The first-order valence-electron chi connectivity index (χ1n) is 8.20. The minimum Gasteiger partial charge on any atom is -0.463 e. The highest BCUT2D eigenvalue weighted by Gasteiger charge is 2.24. The van der Waals surface area contributed by atoms with Crippen LogP contribution in [0.1, 0.15) is 34.8 Å². The van der Waals surface area contributed by atoms with Crippen LogP contribution in [0, 0.1) is 0 Å². The summed E-state index contributed by atoms with van der Waals surface area (Å²) in [5.74, 6) is 0.629. The largest absolute Gasteiger partial charge is 0.463 e. The Kier molecular flexibility index (Phi) is 5.27. The van der Waals surface area contributed by atoms with Gasteiger partial charge in [-0.3, -0.25) is 14.8 Å². The average Bonchev–Trinajstić information content (AvgIpc) is 3.12. The summed E-state index contributed by atoms with van der Waals surface area (Å²) in [7, 11) is 1.36. The molecule has 0 saturated carbocycles. The van der Waals surface area contributed by atoms with E-state index in [9.17, 15) is 4.79 Å². The molecule has 24 heavy (non-hydrogen) atoms. The Balaban J connectivity index is 1.54. The molecule has 1 aliphatic heterocycles. The molecule has 0 aromatic carbocycles. The molecule has 1 aliphatic rings. The average molecular weight is 329 g/mol. The monoisotopic (exact) mass is 329 g/mol. The van der Waals surface area contributed by atoms with Crippen LogP contribution in [0.4, 0.5) is 0 Å². The Hall–Kier alpha value is -2.18. The minimum absolute atomic E-state index is 0.145. The quantitative estimate of drug-likeness (QED) is 0.785. The molecule has 1 saturated heterocycles. The van der Waals surface area contributed by atoms with Crippen LogP contribution in [0.15, 0.2) is 41.1 Å². The summed E-state index contributed by atoms with van der Waals surface area (Å²) < 4.78 is 10.3. The van der Waals surface area contributed by atoms with E-state index in [1.165, 1.54) is 12.7 Å². The van der Waals surface area contributed by atoms with E-state index < -0.39 is 5.97 Å². The van der Waals surface area contributed by atoms with Crippen LogP contribution in [0.5, 0.6) is 0 Å². The molecule has 1 atom stereocenters. The first kappa shape index (κ1) is 16.7. The van der Waals surface area contributed by atoms with Gasteiger partial charge in [0.05, 0.1) is 13.2 Å². The van der Waals surface area contributed by atoms with Gasteiger partial charge < -0.3 is 9.15 Å². The number of hydrogen-bond acceptors (Lipinski definition) is 6. The number of carbonyl (C=O) groups is 1. The van der Waals surface area contributed by atoms with Crippen LogP contribution in [-0.2, 0) is 11.3 Å². The van der Waals surface area contributed by atoms with Crippen molar-refractivity contribution >= 4 is 5.97 Å². The van der Waals surface area contributed by atoms with E-state index in [1.54, 1.807) is 6.07 Å². The maximum Gasteiger partial charge on any atom is 0.373 e. The standard InChI is InChI=1S/C18H23N3O3/c1-14(16-3-4-17(24-16)18(22)23-2)21-11-9-20(10-12-21)13-15-5-7-19-8-6-15/h3-8,14H,9-13H2,1-2H3. The molecule has 3 rings (SSSR count). The summed E-state index contributed by atoms with van der Waals surface area (Å²) in [6.07, 6.45) is 3.67. The van der Waals surface area contributed by atoms with E-state index in [0.717, 1.165) is 38.5 Å². The fraction of sp³-hybridized carbons (Fsp3) is 0.444. The molecule has 0 bridgehead atoms. The lowest BCUT2D eigenvalue weighted by Gasteiger charge is -2.37. The number of piperazine rings is 1. The van der Waals surface area contributed by atoms with Crippen LogP contribution in [0.2, 0.25) is 0 Å². The van der Waals surface area contributed by atoms with E-state index in [-0.39, 0.29) is 11.8 Å². The van der Waals surface area contributed by atoms with Crippen molar-refractivity contribution in [3.8, 4) is 0 Å². The number of pyridine rings is 1. The van der Waals surface area contributed by atoms with Crippen LogP contribution >= 0.6 is 0 Å². The van der Waals surface area contributed by atoms with Crippen LogP contribution in [0.25, 0.3) is 0 Å². The topological polar surface area (TPSA) is 58.8 Å². The molecule has 0 radical (unpaired) electrons. The Morgan fingerprint density at radius 2 is 1.92 bits per heavy atom. The van der Waals surface area contributed by atoms with Crippen molar-refractivity contribution in [1.29, 1.82) is 0 Å². The van der Waals surface area contributed by atoms with Crippen LogP contribution in [0.3, 0.4) is 0 Å². The maximum atomic E-state index is 11.5. The summed E-state index contributed by atoms with van der Waals surface area (Å²) in [4.78, 5) is 20.4. The highest BCUT2D eigenvalue weighted by Crippen LogP contribution is 2.24. The molecule has 6 heteroatoms. The van der Waals surface area contributed by atoms with Crippen molar-refractivity contribution in [1.82, 2.24) is 14.8 Å². The van der Waals surface area contributed by atoms with E-state index in [4.69, 9.17) is 4.42 Å². The van der Waals surface area contributed by atoms with E-state index >= 15 is 0 Å². The lowest BCUT2D eigenvalue weighted by molar-refractivity contribution is 0.0552. The van der Waals surface area contributed by atoms with Gasteiger partial charge in [-0.1, -0.05) is 0 Å². The lowest BCUT2D eigenvalue weighted by Crippen LogP contribution is -2.46. The first-order chi connectivity index (χ1) is 11.7. The third kappa shape index (κ3) is 3.83. The second-order valence-corrected chi connectivity index (χ2v) is 6.04. The number of ether oxygens (including phenoxy) is 1. The zero-order chi connectivity index (χ0) is 16.9. The summed E-state index contributed by atoms with van der Waals surface area (Å²) >= 11 is 0. The van der Waals surface area contributed by atoms with Crippen molar-refractivity contribution in [3.05, 3.63) is 53.7 Å². The number of hydrogen-bond donors (Lipinski definition) is 0. The van der Waals surface area contributed by atoms with Gasteiger partial charge in [-0.25, -0.2) is 4.79 Å². The number of carbonyl (C=O) groups excluding carboxylic acids is 1. The SMILES string of the molecule is COC(=O)c1ccc(C(C)N2CCN(Cc3ccncc3)CC2)o1. The third-order valence-corrected chi connectivity index (χ3v) is 4.54. The lowest BCUT2D eigenvalue weighted by atomic mass is 10.1. The van der Waals surface area contributed by atoms with Crippen molar-refractivity contribution in [3.63, 3.8) is 0 Å². The van der Waals surface area contributed by atoms with Gasteiger partial charge in [0.2, 0.25) is 5.76 Å². The number of esters is 1. The highest BCUT2D eigenvalue weighted by atomic mass is 16.5. The number of aromatic nitrogens is 1. The molecule has 6 nitrogen and oxygen atoms in total. The zero-order valence-electron chi connectivity index (χ0n) is 14.1. The van der Waals surface area contributed by atoms with Gasteiger partial charge in [0.1, 0.15) is 5.76 Å². The Bertz CT molecular complexity index is 663. The molecule has 0 aliphatic carbocycles. The highest BCUT2D eigenvalue weighted by molar-refractivity contribution is 5.86. The number of furan rings is 1. The molecular formula is C18H23N3O3. The first-order valence-corrected chi connectivity index (χ1v) is 8.20. The summed E-state index contributed by atoms with van der Waals surface area (Å²) in [6, 6.07) is 7.81. The smallest absolute Gasteiger partial charge is 0.373 e. The molecule has 0 amide bonds. The van der Waals surface area contributed by atoms with Crippen molar-refractivity contribution in [2.24, 2.45) is 0 Å². The number of methoxy groups -OCH3 is 1. The molecule has 0 N–H and O–H groups in total. The summed E-state index contributed by atoms with van der Waals surface area (Å²) in [5, 5.41) is 0. The predicted octanol–water partition coefficient (Wildman–Crippen LogP) is 2.34. The normalized spacial score (nSPS) is 17.6. The number of nitrogens with zero attached hydrogens (tertiary/aromatic N) is 3. The van der Waals surface area contributed by atoms with Gasteiger partial charge >= 0.3 is 5.97 Å². The second-order valence-electron chi connectivity index (χ2n) is 6.04. The molecule has 1 fully saturated rings. The van der Waals surface area contributed by atoms with Gasteiger partial charge in [-0.2, -0.15) is 0 Å². The molecule has 128 valence electrons. The summed E-state index contributed by atoms with van der Waals surface area (Å²) in [5.41, 5.74) is 1.29. The zero-order valence-corrected chi connectivity index (χ0v) is 14.1. The van der Waals surface area contributed by atoms with Gasteiger partial charge in [0.25, 0.3) is 0 Å². The molecule has 2 aromatic rings. The number of rotatable bonds is 5. The van der Waals surface area contributed by atoms with Gasteiger partial charge in [-0.15, -0.1) is 0 Å². The molecule has 1 unspecified atom stereocenters. The van der Waals surface area contributed by atoms with E-state index in [1.807, 2.05) is 18.5 Å². The Morgan fingerprint density at radius 3 is 2.58 bits per heavy atom. The van der Waals surface area contributed by atoms with Crippen molar-refractivity contribution < 1.29 is 13.9 Å². The molecule has 2 aromatic heterocycles. The Labute approximate surface area is 142 Å². The van der Waals surface area contributed by atoms with Gasteiger partial charge in [0, 0.05) is 45.1 Å². The summed E-state index contributed by atoms with van der Waals surface area (Å²) in [6.45, 7) is 7.03. The predicted molar refractivity (Wildman–Crippen MR) is 89.5 cm³/mol. The fourth-order valence-electron chi connectivity index (χ4n) is 3.02. The van der Waals surface area contributed by atoms with E-state index in [2.05, 4.69) is 38.6 Å².